The Balaban J connectivity index is 2.57. The highest BCUT2D eigenvalue weighted by atomic mass is 16.4. The molecule has 0 saturated carbocycles. The lowest BCUT2D eigenvalue weighted by molar-refractivity contribution is -0.143. The van der Waals surface area contributed by atoms with Crippen LogP contribution in [0.5, 0.6) is 0 Å². The fourth-order valence-electron chi connectivity index (χ4n) is 1.90. The number of hydrogen-bond donors (Lipinski definition) is 2. The molecule has 7 heteroatoms. The number of piperidine rings is 1. The fourth-order valence-corrected chi connectivity index (χ4v) is 1.90. The van der Waals surface area contributed by atoms with Crippen molar-refractivity contribution in [2.45, 2.75) is 12.8 Å². The van der Waals surface area contributed by atoms with Gasteiger partial charge in [0.2, 0.25) is 5.91 Å². The highest BCUT2D eigenvalue weighted by Crippen LogP contribution is 2.17. The van der Waals surface area contributed by atoms with E-state index < -0.39 is 17.8 Å². The molecule has 17 heavy (non-hydrogen) atoms. The molecule has 0 radical (unpaired) electrons. The molecule has 7 nitrogen and oxygen atoms in total. The maximum Gasteiger partial charge on any atom is 0.320 e. The van der Waals surface area contributed by atoms with Crippen molar-refractivity contribution in [3.63, 3.8) is 0 Å². The highest BCUT2D eigenvalue weighted by Gasteiger charge is 2.29. The molecule has 1 rings (SSSR count). The Morgan fingerprint density at radius 1 is 1.47 bits per heavy atom. The van der Waals surface area contributed by atoms with Crippen molar-refractivity contribution in [2.24, 2.45) is 11.7 Å². The van der Waals surface area contributed by atoms with Gasteiger partial charge in [-0.15, -0.1) is 0 Å². The molecule has 1 aliphatic rings. The minimum atomic E-state index is -0.889. The predicted octanol–water partition coefficient (Wildman–Crippen LogP) is -0.680. The molecule has 1 aliphatic heterocycles. The maximum atomic E-state index is 11.9. The predicted molar refractivity (Wildman–Crippen MR) is 59.2 cm³/mol. The zero-order chi connectivity index (χ0) is 13.0. The van der Waals surface area contributed by atoms with Gasteiger partial charge in [0.1, 0.15) is 6.54 Å². The Labute approximate surface area is 99.2 Å². The van der Waals surface area contributed by atoms with E-state index in [1.165, 1.54) is 16.8 Å². The van der Waals surface area contributed by atoms with Crippen LogP contribution >= 0.6 is 0 Å². The van der Waals surface area contributed by atoms with E-state index in [0.29, 0.717) is 19.4 Å². The summed E-state index contributed by atoms with van der Waals surface area (Å²) >= 11 is 0. The van der Waals surface area contributed by atoms with Gasteiger partial charge in [-0.25, -0.2) is 4.79 Å². The zero-order valence-corrected chi connectivity index (χ0v) is 9.76. The maximum absolute atomic E-state index is 11.9. The average molecular weight is 243 g/mol. The van der Waals surface area contributed by atoms with Gasteiger partial charge in [-0.1, -0.05) is 0 Å². The number of carbonyl (C=O) groups excluding carboxylic acids is 2. The van der Waals surface area contributed by atoms with Gasteiger partial charge in [-0.2, -0.15) is 0 Å². The molecule has 1 atom stereocenters. The van der Waals surface area contributed by atoms with Gasteiger partial charge in [0.15, 0.2) is 0 Å². The minimum Gasteiger partial charge on any atom is -0.481 e. The molecule has 1 heterocycles. The number of nitrogens with two attached hydrogens (primary N) is 1. The van der Waals surface area contributed by atoms with Crippen LogP contribution in [-0.2, 0) is 9.59 Å². The normalized spacial score (nSPS) is 19.8. The first-order chi connectivity index (χ1) is 7.91. The summed E-state index contributed by atoms with van der Waals surface area (Å²) in [6.07, 6.45) is 1.24. The molecule has 0 aromatic rings. The van der Waals surface area contributed by atoms with Gasteiger partial charge in [-0.3, -0.25) is 9.59 Å². The van der Waals surface area contributed by atoms with Gasteiger partial charge >= 0.3 is 12.0 Å². The summed E-state index contributed by atoms with van der Waals surface area (Å²) in [5.41, 5.74) is 4.99. The summed E-state index contributed by atoms with van der Waals surface area (Å²) in [5, 5.41) is 8.90. The summed E-state index contributed by atoms with van der Waals surface area (Å²) in [4.78, 5) is 36.0. The van der Waals surface area contributed by atoms with E-state index in [2.05, 4.69) is 0 Å². The Hall–Kier alpha value is -1.79. The van der Waals surface area contributed by atoms with Crippen molar-refractivity contribution in [3.8, 4) is 0 Å². The molecular formula is C10H17N3O4. The van der Waals surface area contributed by atoms with E-state index in [9.17, 15) is 14.4 Å². The summed E-state index contributed by atoms with van der Waals surface area (Å²) in [7, 11) is 1.47. The molecule has 0 unspecified atom stereocenters. The zero-order valence-electron chi connectivity index (χ0n) is 9.76. The van der Waals surface area contributed by atoms with Gasteiger partial charge in [0.05, 0.1) is 5.92 Å². The van der Waals surface area contributed by atoms with Gasteiger partial charge < -0.3 is 20.6 Å². The number of likely N-dealkylation sites (tertiary alicyclic amines) is 1. The van der Waals surface area contributed by atoms with E-state index in [4.69, 9.17) is 10.8 Å². The van der Waals surface area contributed by atoms with Crippen LogP contribution in [0.25, 0.3) is 0 Å². The second-order valence-electron chi connectivity index (χ2n) is 4.23. The number of amides is 3. The number of carbonyl (C=O) groups is 3. The van der Waals surface area contributed by atoms with Crippen LogP contribution in [0, 0.1) is 5.92 Å². The summed E-state index contributed by atoms with van der Waals surface area (Å²) in [6.45, 7) is 0.552. The number of urea groups is 1. The number of carboxylic acid groups (broad SMARTS) is 1. The van der Waals surface area contributed by atoms with Crippen molar-refractivity contribution in [3.05, 3.63) is 0 Å². The van der Waals surface area contributed by atoms with E-state index in [1.54, 1.807) is 0 Å². The molecule has 0 aliphatic carbocycles. The van der Waals surface area contributed by atoms with Crippen molar-refractivity contribution < 1.29 is 19.5 Å². The summed E-state index contributed by atoms with van der Waals surface area (Å²) in [5.74, 6) is -2.00. The second-order valence-corrected chi connectivity index (χ2v) is 4.23. The lowest BCUT2D eigenvalue weighted by Crippen LogP contribution is -2.49. The van der Waals surface area contributed by atoms with Crippen LogP contribution in [-0.4, -0.2) is 59.5 Å². The fraction of sp³-hybridized carbons (Fsp3) is 0.700. The number of likely N-dealkylation sites (N-methyl/N-ethyl adjacent to an activating group) is 1. The number of hydrogen-bond acceptors (Lipinski definition) is 3. The third-order valence-electron chi connectivity index (χ3n) is 2.76. The van der Waals surface area contributed by atoms with Crippen molar-refractivity contribution in [1.82, 2.24) is 9.80 Å². The molecule has 1 saturated heterocycles. The SMILES string of the molecule is CN(CC(N)=O)C(=O)N1CCC[C@@H](C(=O)O)C1. The monoisotopic (exact) mass is 243 g/mol. The van der Waals surface area contributed by atoms with Gasteiger partial charge in [0.25, 0.3) is 0 Å². The molecule has 1 fully saturated rings. The van der Waals surface area contributed by atoms with Crippen molar-refractivity contribution in [2.75, 3.05) is 26.7 Å². The molecular weight excluding hydrogens is 226 g/mol. The van der Waals surface area contributed by atoms with E-state index in [0.717, 1.165) is 0 Å². The van der Waals surface area contributed by atoms with Crippen LogP contribution in [0.15, 0.2) is 0 Å². The van der Waals surface area contributed by atoms with Gasteiger partial charge in [0, 0.05) is 20.1 Å². The van der Waals surface area contributed by atoms with Crippen LogP contribution in [0.2, 0.25) is 0 Å². The van der Waals surface area contributed by atoms with Crippen LogP contribution in [0.4, 0.5) is 4.79 Å². The highest BCUT2D eigenvalue weighted by molar-refractivity contribution is 5.83. The molecule has 3 N–H and O–H groups in total. The Bertz CT molecular complexity index is 332. The number of nitrogens with zero attached hydrogens (tertiary/aromatic N) is 2. The third-order valence-corrected chi connectivity index (χ3v) is 2.76. The van der Waals surface area contributed by atoms with Crippen molar-refractivity contribution in [1.29, 1.82) is 0 Å². The first-order valence-electron chi connectivity index (χ1n) is 5.43. The smallest absolute Gasteiger partial charge is 0.320 e. The molecule has 0 spiro atoms. The molecule has 0 aromatic heterocycles. The van der Waals surface area contributed by atoms with Gasteiger partial charge in [-0.05, 0) is 12.8 Å². The number of aliphatic carboxylic acids is 1. The van der Waals surface area contributed by atoms with E-state index in [1.807, 2.05) is 0 Å². The molecule has 0 bridgehead atoms. The van der Waals surface area contributed by atoms with E-state index in [-0.39, 0.29) is 19.1 Å². The Kier molecular flexibility index (Phi) is 4.30. The first kappa shape index (κ1) is 13.3. The number of rotatable bonds is 3. The molecule has 3 amide bonds. The molecule has 0 aromatic carbocycles. The van der Waals surface area contributed by atoms with Crippen LogP contribution in [0.1, 0.15) is 12.8 Å². The quantitative estimate of drug-likeness (QED) is 0.685. The Morgan fingerprint density at radius 3 is 2.65 bits per heavy atom. The second kappa shape index (κ2) is 5.51. The minimum absolute atomic E-state index is 0.160. The lowest BCUT2D eigenvalue weighted by atomic mass is 9.99. The third kappa shape index (κ3) is 3.61. The summed E-state index contributed by atoms with van der Waals surface area (Å²) in [6, 6.07) is -0.352. The number of carboxylic acids is 1. The topological polar surface area (TPSA) is 104 Å². The van der Waals surface area contributed by atoms with E-state index >= 15 is 0 Å². The standard InChI is InChI=1S/C10H17N3O4/c1-12(6-8(11)14)10(17)13-4-2-3-7(5-13)9(15)16/h7H,2-6H2,1H3,(H2,11,14)(H,15,16)/t7-/m1/s1. The van der Waals surface area contributed by atoms with Crippen LogP contribution in [0.3, 0.4) is 0 Å². The lowest BCUT2D eigenvalue weighted by Gasteiger charge is -2.33. The Morgan fingerprint density at radius 2 is 2.12 bits per heavy atom. The average Bonchev–Trinajstić information content (AvgIpc) is 2.27. The molecule has 96 valence electrons. The van der Waals surface area contributed by atoms with Crippen LogP contribution < -0.4 is 5.73 Å². The first-order valence-corrected chi connectivity index (χ1v) is 5.43. The largest absolute Gasteiger partial charge is 0.481 e. The number of primary amides is 1. The summed E-state index contributed by atoms with van der Waals surface area (Å²) < 4.78 is 0. The van der Waals surface area contributed by atoms with Crippen molar-refractivity contribution >= 4 is 17.9 Å².